The first-order valence-electron chi connectivity index (χ1n) is 11.9. The Bertz CT molecular complexity index is 959. The smallest absolute Gasteiger partial charge is 0.122 e. The van der Waals surface area contributed by atoms with Gasteiger partial charge in [0.2, 0.25) is 0 Å². The van der Waals surface area contributed by atoms with Gasteiger partial charge in [-0.15, -0.1) is 0 Å². The van der Waals surface area contributed by atoms with Gasteiger partial charge in [-0.25, -0.2) is 0 Å². The fourth-order valence-corrected chi connectivity index (χ4v) is 4.08. The zero-order chi connectivity index (χ0) is 22.8. The Balaban J connectivity index is 1.39. The van der Waals surface area contributed by atoms with Crippen molar-refractivity contribution >= 4 is 0 Å². The Morgan fingerprint density at radius 2 is 1.30 bits per heavy atom. The fraction of sp³-hybridized carbons (Fsp3) is 0.556. The summed E-state index contributed by atoms with van der Waals surface area (Å²) in [5, 5.41) is 0. The summed E-state index contributed by atoms with van der Waals surface area (Å²) >= 11 is 0. The van der Waals surface area contributed by atoms with Crippen LogP contribution in [0.25, 0.3) is 0 Å². The van der Waals surface area contributed by atoms with Crippen molar-refractivity contribution in [3.05, 3.63) is 58.7 Å². The van der Waals surface area contributed by atoms with E-state index in [-0.39, 0.29) is 17.6 Å². The van der Waals surface area contributed by atoms with E-state index in [1.165, 1.54) is 22.3 Å². The van der Waals surface area contributed by atoms with Crippen molar-refractivity contribution in [3.8, 4) is 11.5 Å². The van der Waals surface area contributed by atoms with Crippen LogP contribution < -0.4 is 9.47 Å². The summed E-state index contributed by atoms with van der Waals surface area (Å²) in [4.78, 5) is 0. The molecule has 3 aliphatic heterocycles. The molecule has 3 saturated heterocycles. The van der Waals surface area contributed by atoms with Gasteiger partial charge in [-0.3, -0.25) is 0 Å². The van der Waals surface area contributed by atoms with Crippen LogP contribution in [-0.4, -0.2) is 65.1 Å². The molecule has 0 aliphatic carbocycles. The highest BCUT2D eigenvalue weighted by atomic mass is 16.6. The van der Waals surface area contributed by atoms with Crippen molar-refractivity contribution in [2.24, 2.45) is 0 Å². The number of rotatable bonds is 13. The lowest BCUT2D eigenvalue weighted by molar-refractivity contribution is 0.200. The maximum atomic E-state index is 6.07. The number of epoxide rings is 3. The molecule has 0 N–H and O–H groups in total. The predicted octanol–water partition coefficient (Wildman–Crippen LogP) is 3.70. The van der Waals surface area contributed by atoms with Gasteiger partial charge in [-0.1, -0.05) is 38.1 Å². The molecule has 5 rings (SSSR count). The van der Waals surface area contributed by atoms with Crippen molar-refractivity contribution in [1.29, 1.82) is 0 Å². The second kappa shape index (κ2) is 9.63. The lowest BCUT2D eigenvalue weighted by Gasteiger charge is -2.28. The highest BCUT2D eigenvalue weighted by Crippen LogP contribution is 2.37. The molecule has 6 heteroatoms. The lowest BCUT2D eigenvalue weighted by atomic mass is 9.76. The summed E-state index contributed by atoms with van der Waals surface area (Å²) in [6.07, 6.45) is 2.46. The Labute approximate surface area is 196 Å². The monoisotopic (exact) mass is 454 g/mol. The van der Waals surface area contributed by atoms with Crippen LogP contribution >= 0.6 is 0 Å². The van der Waals surface area contributed by atoms with Crippen molar-refractivity contribution in [3.63, 3.8) is 0 Å². The summed E-state index contributed by atoms with van der Waals surface area (Å²) in [5.74, 6) is 1.85. The molecule has 0 bridgehead atoms. The first-order chi connectivity index (χ1) is 16.0. The van der Waals surface area contributed by atoms with Crippen LogP contribution in [0.3, 0.4) is 0 Å². The molecule has 2 aromatic rings. The molecular weight excluding hydrogens is 420 g/mol. The van der Waals surface area contributed by atoms with Gasteiger partial charge in [-0.2, -0.15) is 0 Å². The average Bonchev–Trinajstić information content (AvgIpc) is 3.67. The molecule has 3 fully saturated rings. The summed E-state index contributed by atoms with van der Waals surface area (Å²) in [6, 6.07) is 13.1. The SMILES string of the molecule is COCCc1cc(C(C)(C)c2ccc(OCC3CO3)c(CC3CO3)c2)ccc1OCC1CO1. The van der Waals surface area contributed by atoms with Crippen LogP contribution in [0.2, 0.25) is 0 Å². The summed E-state index contributed by atoms with van der Waals surface area (Å²) in [6.45, 7) is 8.82. The van der Waals surface area contributed by atoms with E-state index in [9.17, 15) is 0 Å². The third-order valence-electron chi connectivity index (χ3n) is 6.64. The number of methoxy groups -OCH3 is 1. The number of hydrogen-bond acceptors (Lipinski definition) is 6. The van der Waals surface area contributed by atoms with E-state index in [0.717, 1.165) is 44.2 Å². The second-order valence-electron chi connectivity index (χ2n) is 9.70. The van der Waals surface area contributed by atoms with Crippen LogP contribution in [0.1, 0.15) is 36.1 Å². The molecule has 3 aliphatic rings. The van der Waals surface area contributed by atoms with Crippen LogP contribution in [0, 0.1) is 0 Å². The van der Waals surface area contributed by atoms with Crippen molar-refractivity contribution in [2.45, 2.75) is 50.4 Å². The van der Waals surface area contributed by atoms with Crippen molar-refractivity contribution in [1.82, 2.24) is 0 Å². The molecule has 33 heavy (non-hydrogen) atoms. The molecule has 6 nitrogen and oxygen atoms in total. The van der Waals surface area contributed by atoms with Gasteiger partial charge in [0, 0.05) is 18.9 Å². The van der Waals surface area contributed by atoms with Crippen LogP contribution in [0.15, 0.2) is 36.4 Å². The van der Waals surface area contributed by atoms with Gasteiger partial charge >= 0.3 is 0 Å². The molecule has 2 aromatic carbocycles. The largest absolute Gasteiger partial charge is 0.491 e. The predicted molar refractivity (Wildman–Crippen MR) is 125 cm³/mol. The zero-order valence-electron chi connectivity index (χ0n) is 19.8. The first-order valence-corrected chi connectivity index (χ1v) is 11.9. The fourth-order valence-electron chi connectivity index (χ4n) is 4.08. The van der Waals surface area contributed by atoms with E-state index in [4.69, 9.17) is 28.4 Å². The number of ether oxygens (including phenoxy) is 6. The van der Waals surface area contributed by atoms with Crippen LogP contribution in [0.4, 0.5) is 0 Å². The normalized spacial score (nSPS) is 23.3. The van der Waals surface area contributed by atoms with Gasteiger partial charge in [0.1, 0.15) is 36.9 Å². The highest BCUT2D eigenvalue weighted by molar-refractivity contribution is 5.48. The Kier molecular flexibility index (Phi) is 6.61. The third kappa shape index (κ3) is 5.87. The summed E-state index contributed by atoms with van der Waals surface area (Å²) in [7, 11) is 1.73. The maximum Gasteiger partial charge on any atom is 0.122 e. The minimum atomic E-state index is -0.183. The highest BCUT2D eigenvalue weighted by Gasteiger charge is 2.30. The van der Waals surface area contributed by atoms with Gasteiger partial charge in [0.25, 0.3) is 0 Å². The summed E-state index contributed by atoms with van der Waals surface area (Å²) < 4.78 is 33.6. The quantitative estimate of drug-likeness (QED) is 0.430. The minimum Gasteiger partial charge on any atom is -0.491 e. The van der Waals surface area contributed by atoms with Gasteiger partial charge in [0.05, 0.1) is 32.5 Å². The van der Waals surface area contributed by atoms with E-state index < -0.39 is 0 Å². The second-order valence-corrected chi connectivity index (χ2v) is 9.70. The molecular formula is C27H34O6. The van der Waals surface area contributed by atoms with E-state index in [0.29, 0.717) is 25.9 Å². The van der Waals surface area contributed by atoms with E-state index in [2.05, 4.69) is 50.2 Å². The van der Waals surface area contributed by atoms with Gasteiger partial charge in [-0.05, 0) is 40.8 Å². The first kappa shape index (κ1) is 22.7. The van der Waals surface area contributed by atoms with Crippen LogP contribution in [-0.2, 0) is 37.2 Å². The molecule has 0 radical (unpaired) electrons. The molecule has 3 heterocycles. The summed E-state index contributed by atoms with van der Waals surface area (Å²) in [5.41, 5.74) is 4.69. The molecule has 0 saturated carbocycles. The van der Waals surface area contributed by atoms with Gasteiger partial charge in [0.15, 0.2) is 0 Å². The molecule has 3 unspecified atom stereocenters. The molecule has 3 atom stereocenters. The third-order valence-corrected chi connectivity index (χ3v) is 6.64. The van der Waals surface area contributed by atoms with E-state index in [1.54, 1.807) is 7.11 Å². The Morgan fingerprint density at radius 1 is 0.788 bits per heavy atom. The maximum absolute atomic E-state index is 6.07. The van der Waals surface area contributed by atoms with Crippen molar-refractivity contribution < 1.29 is 28.4 Å². The van der Waals surface area contributed by atoms with Crippen LogP contribution in [0.5, 0.6) is 11.5 Å². The molecule has 0 aromatic heterocycles. The zero-order valence-corrected chi connectivity index (χ0v) is 19.8. The topological polar surface area (TPSA) is 65.3 Å². The van der Waals surface area contributed by atoms with Gasteiger partial charge < -0.3 is 28.4 Å². The Morgan fingerprint density at radius 3 is 1.82 bits per heavy atom. The molecule has 0 spiro atoms. The molecule has 178 valence electrons. The van der Waals surface area contributed by atoms with E-state index in [1.807, 2.05) is 0 Å². The standard InChI is InChI=1S/C27H34O6/c1-27(2,20-4-6-25(32-16-23-14-30-23)18(10-20)8-9-28-3)21-5-7-26(33-17-24-15-31-24)19(11-21)12-22-13-29-22/h4-7,10-11,22-24H,8-9,12-17H2,1-3H3. The minimum absolute atomic E-state index is 0.183. The Hall–Kier alpha value is -2.12. The van der Waals surface area contributed by atoms with E-state index >= 15 is 0 Å². The molecule has 0 amide bonds. The van der Waals surface area contributed by atoms with Crippen molar-refractivity contribution in [2.75, 3.05) is 46.8 Å². The number of hydrogen-bond donors (Lipinski definition) is 0. The average molecular weight is 455 g/mol. The number of benzene rings is 2. The lowest BCUT2D eigenvalue weighted by Crippen LogP contribution is -2.20.